The molecule has 1 aromatic heterocycles. The van der Waals surface area contributed by atoms with E-state index in [-0.39, 0.29) is 0 Å². The van der Waals surface area contributed by atoms with E-state index in [1.54, 1.807) is 6.26 Å². The normalized spacial score (nSPS) is 10.4. The second kappa shape index (κ2) is 4.39. The molecule has 0 aliphatic carbocycles. The highest BCUT2D eigenvalue weighted by atomic mass is 16.5. The van der Waals surface area contributed by atoms with Gasteiger partial charge in [0.05, 0.1) is 12.3 Å². The molecule has 0 atom stereocenters. The first-order valence-corrected chi connectivity index (χ1v) is 5.37. The molecule has 0 radical (unpaired) electrons. The SMILES string of the molecule is CCOc1cccc(-c2nc(C)co2)c1C. The Bertz CT molecular complexity index is 488. The van der Waals surface area contributed by atoms with Gasteiger partial charge in [-0.2, -0.15) is 0 Å². The van der Waals surface area contributed by atoms with E-state index in [1.165, 1.54) is 0 Å². The highest BCUT2D eigenvalue weighted by molar-refractivity contribution is 5.62. The number of hydrogen-bond acceptors (Lipinski definition) is 3. The van der Waals surface area contributed by atoms with E-state index in [0.717, 1.165) is 22.6 Å². The molecule has 3 nitrogen and oxygen atoms in total. The summed E-state index contributed by atoms with van der Waals surface area (Å²) in [5.41, 5.74) is 2.93. The molecule has 0 spiro atoms. The Labute approximate surface area is 95.1 Å². The number of aryl methyl sites for hydroxylation is 1. The Morgan fingerprint density at radius 1 is 1.31 bits per heavy atom. The zero-order valence-electron chi connectivity index (χ0n) is 9.78. The summed E-state index contributed by atoms with van der Waals surface area (Å²) < 4.78 is 10.9. The molecule has 0 saturated carbocycles. The van der Waals surface area contributed by atoms with Crippen molar-refractivity contribution in [2.75, 3.05) is 6.61 Å². The number of benzene rings is 1. The fourth-order valence-corrected chi connectivity index (χ4v) is 1.64. The fraction of sp³-hybridized carbons (Fsp3) is 0.308. The van der Waals surface area contributed by atoms with Gasteiger partial charge in [-0.25, -0.2) is 4.98 Å². The van der Waals surface area contributed by atoms with E-state index in [0.29, 0.717) is 12.5 Å². The summed E-state index contributed by atoms with van der Waals surface area (Å²) in [5.74, 6) is 1.53. The van der Waals surface area contributed by atoms with E-state index >= 15 is 0 Å². The summed E-state index contributed by atoms with van der Waals surface area (Å²) >= 11 is 0. The average molecular weight is 217 g/mol. The van der Waals surface area contributed by atoms with E-state index in [2.05, 4.69) is 4.98 Å². The zero-order valence-corrected chi connectivity index (χ0v) is 9.78. The van der Waals surface area contributed by atoms with E-state index < -0.39 is 0 Å². The Balaban J connectivity index is 2.45. The minimum atomic E-state index is 0.650. The number of ether oxygens (including phenoxy) is 1. The van der Waals surface area contributed by atoms with E-state index in [1.807, 2.05) is 39.0 Å². The minimum Gasteiger partial charge on any atom is -0.494 e. The van der Waals surface area contributed by atoms with Crippen LogP contribution in [0.4, 0.5) is 0 Å². The van der Waals surface area contributed by atoms with Gasteiger partial charge in [-0.05, 0) is 32.9 Å². The smallest absolute Gasteiger partial charge is 0.226 e. The van der Waals surface area contributed by atoms with Gasteiger partial charge in [-0.15, -0.1) is 0 Å². The van der Waals surface area contributed by atoms with Crippen LogP contribution in [0.25, 0.3) is 11.5 Å². The molecule has 3 heteroatoms. The van der Waals surface area contributed by atoms with Crippen molar-refractivity contribution in [1.82, 2.24) is 4.98 Å². The van der Waals surface area contributed by atoms with E-state index in [4.69, 9.17) is 9.15 Å². The summed E-state index contributed by atoms with van der Waals surface area (Å²) in [6, 6.07) is 5.90. The third-order valence-corrected chi connectivity index (χ3v) is 2.43. The van der Waals surface area contributed by atoms with Crippen molar-refractivity contribution in [2.45, 2.75) is 20.8 Å². The van der Waals surface area contributed by atoms with Gasteiger partial charge in [-0.3, -0.25) is 0 Å². The molecule has 2 aromatic rings. The van der Waals surface area contributed by atoms with Crippen LogP contribution < -0.4 is 4.74 Å². The van der Waals surface area contributed by atoms with Crippen molar-refractivity contribution in [1.29, 1.82) is 0 Å². The number of aromatic nitrogens is 1. The third-order valence-electron chi connectivity index (χ3n) is 2.43. The van der Waals surface area contributed by atoms with Crippen molar-refractivity contribution in [3.8, 4) is 17.2 Å². The maximum Gasteiger partial charge on any atom is 0.226 e. The van der Waals surface area contributed by atoms with Gasteiger partial charge in [0.2, 0.25) is 5.89 Å². The standard InChI is InChI=1S/C13H15NO2/c1-4-15-12-7-5-6-11(10(12)3)13-14-9(2)8-16-13/h5-8H,4H2,1-3H3. The van der Waals surface area contributed by atoms with Gasteiger partial charge in [0.1, 0.15) is 12.0 Å². The molecule has 2 rings (SSSR count). The predicted octanol–water partition coefficient (Wildman–Crippen LogP) is 3.36. The first-order valence-electron chi connectivity index (χ1n) is 5.37. The molecule has 0 aliphatic heterocycles. The lowest BCUT2D eigenvalue weighted by Gasteiger charge is -2.09. The highest BCUT2D eigenvalue weighted by Gasteiger charge is 2.10. The van der Waals surface area contributed by atoms with Crippen LogP contribution in [0.5, 0.6) is 5.75 Å². The van der Waals surface area contributed by atoms with Crippen molar-refractivity contribution in [2.24, 2.45) is 0 Å². The summed E-state index contributed by atoms with van der Waals surface area (Å²) in [4.78, 5) is 4.32. The summed E-state index contributed by atoms with van der Waals surface area (Å²) in [5, 5.41) is 0. The lowest BCUT2D eigenvalue weighted by Crippen LogP contribution is -1.95. The van der Waals surface area contributed by atoms with Crippen molar-refractivity contribution in [3.63, 3.8) is 0 Å². The fourth-order valence-electron chi connectivity index (χ4n) is 1.64. The van der Waals surface area contributed by atoms with Crippen LogP contribution in [0.2, 0.25) is 0 Å². The van der Waals surface area contributed by atoms with Crippen molar-refractivity contribution < 1.29 is 9.15 Å². The second-order valence-corrected chi connectivity index (χ2v) is 3.66. The molecular formula is C13H15NO2. The zero-order chi connectivity index (χ0) is 11.5. The lowest BCUT2D eigenvalue weighted by molar-refractivity contribution is 0.338. The molecule has 1 aromatic carbocycles. The predicted molar refractivity (Wildman–Crippen MR) is 62.6 cm³/mol. The Hall–Kier alpha value is -1.77. The number of oxazole rings is 1. The van der Waals surface area contributed by atoms with Crippen LogP contribution >= 0.6 is 0 Å². The first-order chi connectivity index (χ1) is 7.72. The van der Waals surface area contributed by atoms with Gasteiger partial charge >= 0.3 is 0 Å². The molecule has 0 fully saturated rings. The van der Waals surface area contributed by atoms with Crippen molar-refractivity contribution in [3.05, 3.63) is 35.7 Å². The maximum absolute atomic E-state index is 5.54. The largest absolute Gasteiger partial charge is 0.494 e. The molecule has 0 N–H and O–H groups in total. The van der Waals surface area contributed by atoms with Crippen LogP contribution in [-0.2, 0) is 0 Å². The number of nitrogens with zero attached hydrogens (tertiary/aromatic N) is 1. The topological polar surface area (TPSA) is 35.3 Å². The molecule has 16 heavy (non-hydrogen) atoms. The maximum atomic E-state index is 5.54. The van der Waals surface area contributed by atoms with Crippen LogP contribution in [0.1, 0.15) is 18.2 Å². The molecule has 84 valence electrons. The highest BCUT2D eigenvalue weighted by Crippen LogP contribution is 2.29. The van der Waals surface area contributed by atoms with Crippen LogP contribution in [-0.4, -0.2) is 11.6 Å². The molecule has 0 aliphatic rings. The van der Waals surface area contributed by atoms with Gasteiger partial charge in [0, 0.05) is 11.1 Å². The Morgan fingerprint density at radius 2 is 2.12 bits per heavy atom. The Morgan fingerprint density at radius 3 is 2.75 bits per heavy atom. The van der Waals surface area contributed by atoms with Gasteiger partial charge in [-0.1, -0.05) is 6.07 Å². The molecular weight excluding hydrogens is 202 g/mol. The van der Waals surface area contributed by atoms with Crippen LogP contribution in [0, 0.1) is 13.8 Å². The summed E-state index contributed by atoms with van der Waals surface area (Å²) in [6.45, 7) is 6.56. The summed E-state index contributed by atoms with van der Waals surface area (Å²) in [7, 11) is 0. The monoisotopic (exact) mass is 217 g/mol. The quantitative estimate of drug-likeness (QED) is 0.790. The summed E-state index contributed by atoms with van der Waals surface area (Å²) in [6.07, 6.45) is 1.65. The molecule has 0 saturated heterocycles. The number of rotatable bonds is 3. The van der Waals surface area contributed by atoms with Crippen LogP contribution in [0.3, 0.4) is 0 Å². The van der Waals surface area contributed by atoms with Crippen LogP contribution in [0.15, 0.2) is 28.9 Å². The third kappa shape index (κ3) is 1.94. The van der Waals surface area contributed by atoms with Crippen molar-refractivity contribution >= 4 is 0 Å². The first kappa shape index (κ1) is 10.7. The van der Waals surface area contributed by atoms with Gasteiger partial charge < -0.3 is 9.15 Å². The molecule has 0 amide bonds. The molecule has 1 heterocycles. The molecule has 0 unspecified atom stereocenters. The number of hydrogen-bond donors (Lipinski definition) is 0. The van der Waals surface area contributed by atoms with E-state index in [9.17, 15) is 0 Å². The minimum absolute atomic E-state index is 0.650. The molecule has 0 bridgehead atoms. The Kier molecular flexibility index (Phi) is 2.95. The lowest BCUT2D eigenvalue weighted by atomic mass is 10.1. The van der Waals surface area contributed by atoms with Gasteiger partial charge in [0.15, 0.2) is 0 Å². The van der Waals surface area contributed by atoms with Gasteiger partial charge in [0.25, 0.3) is 0 Å². The average Bonchev–Trinajstić information content (AvgIpc) is 2.68. The second-order valence-electron chi connectivity index (χ2n) is 3.66.